The molecule has 0 bridgehead atoms. The molecule has 0 aliphatic rings. The van der Waals surface area contributed by atoms with Crippen molar-refractivity contribution in [3.8, 4) is 11.1 Å². The van der Waals surface area contributed by atoms with E-state index in [0.717, 1.165) is 4.85 Å². The van der Waals surface area contributed by atoms with Gasteiger partial charge < -0.3 is 29.2 Å². The van der Waals surface area contributed by atoms with Gasteiger partial charge in [-0.1, -0.05) is 40.7 Å². The molecule has 0 fully saturated rings. The van der Waals surface area contributed by atoms with Crippen molar-refractivity contribution in [1.82, 2.24) is 20.5 Å². The molecule has 0 radical (unpaired) electrons. The first-order chi connectivity index (χ1) is 18.6. The Balaban J connectivity index is 1.44. The summed E-state index contributed by atoms with van der Waals surface area (Å²) in [6, 6.07) is 10.1. The molecule has 2 aromatic heterocycles. The van der Waals surface area contributed by atoms with Gasteiger partial charge in [0.15, 0.2) is 29.9 Å². The van der Waals surface area contributed by atoms with E-state index >= 15 is 0 Å². The second-order valence-electron chi connectivity index (χ2n) is 8.50. The van der Waals surface area contributed by atoms with Crippen molar-refractivity contribution in [3.63, 3.8) is 0 Å². The topological polar surface area (TPSA) is 170 Å². The third-order valence-electron chi connectivity index (χ3n) is 5.67. The molecule has 204 valence electrons. The molecule has 4 aromatic rings. The summed E-state index contributed by atoms with van der Waals surface area (Å²) in [4.78, 5) is 41.4. The molecule has 1 amide bonds. The Hall–Kier alpha value is -4.49. The minimum Gasteiger partial charge on any atom is -0.479 e. The number of benzene rings is 2. The zero-order valence-corrected chi connectivity index (χ0v) is 21.1. The molecule has 0 unspecified atom stereocenters. The lowest BCUT2D eigenvalue weighted by molar-refractivity contribution is -0.147. The lowest BCUT2D eigenvalue weighted by atomic mass is 9.97. The summed E-state index contributed by atoms with van der Waals surface area (Å²) in [6.07, 6.45) is -0.712. The number of carboxylic acid groups (broad SMARTS) is 1. The van der Waals surface area contributed by atoms with Gasteiger partial charge in [0, 0.05) is 23.0 Å². The van der Waals surface area contributed by atoms with Crippen molar-refractivity contribution >= 4 is 23.5 Å². The monoisotopic (exact) mass is 560 g/mol. The number of carbonyl (C=O) groups is 2. The first-order valence-electron chi connectivity index (χ1n) is 11.5. The smallest absolute Gasteiger partial charge is 0.479 e. The van der Waals surface area contributed by atoms with E-state index in [1.54, 1.807) is 24.3 Å². The highest BCUT2D eigenvalue weighted by atomic mass is 35.5. The van der Waals surface area contributed by atoms with E-state index in [9.17, 15) is 23.9 Å². The molecule has 0 aliphatic heterocycles. The molecule has 2 aromatic carbocycles. The molecule has 0 saturated carbocycles. The first kappa shape index (κ1) is 27.5. The van der Waals surface area contributed by atoms with E-state index in [4.69, 9.17) is 30.4 Å². The Labute approximate surface area is 224 Å². The molecule has 2 atom stereocenters. The van der Waals surface area contributed by atoms with Crippen LogP contribution in [0.4, 0.5) is 4.39 Å². The molecular formula is C25H22ClFN4O8. The Morgan fingerprint density at radius 2 is 1.95 bits per heavy atom. The lowest BCUT2D eigenvalue weighted by Gasteiger charge is -2.20. The fourth-order valence-corrected chi connectivity index (χ4v) is 3.87. The van der Waals surface area contributed by atoms with Gasteiger partial charge in [0.05, 0.1) is 0 Å². The Morgan fingerprint density at radius 1 is 1.21 bits per heavy atom. The third kappa shape index (κ3) is 7.09. The maximum absolute atomic E-state index is 14.2. The van der Waals surface area contributed by atoms with Crippen molar-refractivity contribution in [2.75, 3.05) is 0 Å². The molecular weight excluding hydrogens is 539 g/mol. The summed E-state index contributed by atoms with van der Waals surface area (Å²) < 4.78 is 23.8. The minimum atomic E-state index is -1.73. The summed E-state index contributed by atoms with van der Waals surface area (Å²) in [5.74, 6) is -3.11. The Bertz CT molecular complexity index is 1530. The van der Waals surface area contributed by atoms with Crippen LogP contribution in [0.3, 0.4) is 0 Å². The average molecular weight is 561 g/mol. The zero-order chi connectivity index (χ0) is 28.1. The van der Waals surface area contributed by atoms with Crippen molar-refractivity contribution in [2.24, 2.45) is 0 Å². The molecule has 0 aliphatic carbocycles. The molecule has 2 heterocycles. The number of halogens is 2. The quantitative estimate of drug-likeness (QED) is 0.247. The van der Waals surface area contributed by atoms with Crippen LogP contribution in [-0.2, 0) is 17.8 Å². The normalized spacial score (nSPS) is 12.6. The minimum absolute atomic E-state index is 0.133. The van der Waals surface area contributed by atoms with Crippen LogP contribution in [0.2, 0.25) is 5.02 Å². The summed E-state index contributed by atoms with van der Waals surface area (Å²) in [5, 5.41) is 29.5. The number of carbonyl (C=O) groups excluding carboxylic acids is 1. The number of aliphatic hydroxyl groups is 1. The summed E-state index contributed by atoms with van der Waals surface area (Å²) >= 11 is 5.98. The number of rotatable bonds is 11. The largest absolute Gasteiger partial charge is 0.519 e. The number of hydrogen-bond donors (Lipinski definition) is 3. The van der Waals surface area contributed by atoms with Crippen LogP contribution in [0.1, 0.15) is 34.0 Å². The van der Waals surface area contributed by atoms with Gasteiger partial charge in [0.1, 0.15) is 12.0 Å². The molecule has 39 heavy (non-hydrogen) atoms. The van der Waals surface area contributed by atoms with E-state index < -0.39 is 35.7 Å². The van der Waals surface area contributed by atoms with Crippen LogP contribution in [0.25, 0.3) is 11.1 Å². The molecule has 4 rings (SSSR count). The number of nitrogens with one attached hydrogen (secondary N) is 1. The molecule has 0 spiro atoms. The molecule has 12 nitrogen and oxygen atoms in total. The molecule has 3 N–H and O–H groups in total. The van der Waals surface area contributed by atoms with Gasteiger partial charge in [-0.25, -0.2) is 14.0 Å². The number of hydrogen-bond acceptors (Lipinski definition) is 9. The average Bonchev–Trinajstić information content (AvgIpc) is 3.50. The highest BCUT2D eigenvalue weighted by Gasteiger charge is 2.24. The lowest BCUT2D eigenvalue weighted by Crippen LogP contribution is -2.40. The second kappa shape index (κ2) is 11.9. The maximum atomic E-state index is 14.2. The molecule has 14 heteroatoms. The van der Waals surface area contributed by atoms with Crippen LogP contribution in [0.5, 0.6) is 0 Å². The van der Waals surface area contributed by atoms with Crippen LogP contribution < -0.4 is 16.0 Å². The standard InChI is InChI=1S/C25H22ClFN4O8/c1-13-22(39-25(36)38-13)12-37-31-11-20(29-30-31)23(33)28-17(10-21(32)24(34)35)8-14-2-4-15(5-3-14)18-9-16(26)6-7-19(18)27/h2-7,9,11,17,21,32H,8,10,12H2,1H3,(H,28,33)(H,34,35)/t17-,21-/m1/s1. The number of aliphatic carboxylic acids is 1. The predicted molar refractivity (Wildman–Crippen MR) is 132 cm³/mol. The summed E-state index contributed by atoms with van der Waals surface area (Å²) in [5.41, 5.74) is 1.43. The third-order valence-corrected chi connectivity index (χ3v) is 5.91. The number of nitrogens with zero attached hydrogens (tertiary/aromatic N) is 3. The van der Waals surface area contributed by atoms with E-state index in [1.165, 1.54) is 31.3 Å². The van der Waals surface area contributed by atoms with E-state index in [1.807, 2.05) is 0 Å². The fraction of sp³-hybridized carbons (Fsp3) is 0.240. The highest BCUT2D eigenvalue weighted by Crippen LogP contribution is 2.26. The van der Waals surface area contributed by atoms with Crippen LogP contribution >= 0.6 is 11.6 Å². The SMILES string of the molecule is Cc1oc(=O)oc1COn1cc(C(=O)N[C@H](Cc2ccc(-c3cc(Cl)ccc3F)cc2)C[C@@H](O)C(=O)O)nn1. The number of aliphatic hydroxyl groups excluding tert-OH is 1. The summed E-state index contributed by atoms with van der Waals surface area (Å²) in [6.45, 7) is 1.29. The van der Waals surface area contributed by atoms with Crippen LogP contribution in [0, 0.1) is 12.7 Å². The van der Waals surface area contributed by atoms with E-state index in [-0.39, 0.29) is 36.7 Å². The number of amides is 1. The number of aryl methyl sites for hydroxylation is 1. The molecule has 0 saturated heterocycles. The van der Waals surface area contributed by atoms with Crippen LogP contribution in [-0.4, -0.2) is 49.4 Å². The summed E-state index contributed by atoms with van der Waals surface area (Å²) in [7, 11) is 0. The van der Waals surface area contributed by atoms with Gasteiger partial charge in [-0.15, -0.1) is 5.10 Å². The van der Waals surface area contributed by atoms with Gasteiger partial charge in [0.2, 0.25) is 0 Å². The van der Waals surface area contributed by atoms with Gasteiger partial charge in [-0.2, -0.15) is 0 Å². The van der Waals surface area contributed by atoms with Gasteiger partial charge in [0.25, 0.3) is 5.91 Å². The van der Waals surface area contributed by atoms with Gasteiger partial charge in [-0.3, -0.25) is 4.79 Å². The van der Waals surface area contributed by atoms with E-state index in [0.29, 0.717) is 21.7 Å². The predicted octanol–water partition coefficient (Wildman–Crippen LogP) is 2.40. The number of aromatic nitrogens is 3. The first-order valence-corrected chi connectivity index (χ1v) is 11.9. The van der Waals surface area contributed by atoms with Gasteiger partial charge >= 0.3 is 11.8 Å². The Morgan fingerprint density at radius 3 is 2.62 bits per heavy atom. The highest BCUT2D eigenvalue weighted by molar-refractivity contribution is 6.30. The second-order valence-corrected chi connectivity index (χ2v) is 8.94. The van der Waals surface area contributed by atoms with Crippen molar-refractivity contribution in [2.45, 2.75) is 38.5 Å². The number of carboxylic acids is 1. The fourth-order valence-electron chi connectivity index (χ4n) is 3.69. The Kier molecular flexibility index (Phi) is 8.42. The zero-order valence-electron chi connectivity index (χ0n) is 20.3. The maximum Gasteiger partial charge on any atom is 0.519 e. The van der Waals surface area contributed by atoms with Crippen molar-refractivity contribution in [3.05, 3.63) is 92.9 Å². The van der Waals surface area contributed by atoms with Gasteiger partial charge in [-0.05, 0) is 47.9 Å². The van der Waals surface area contributed by atoms with Crippen molar-refractivity contribution < 1.29 is 37.9 Å². The van der Waals surface area contributed by atoms with Crippen LogP contribution in [0.15, 0.2) is 62.3 Å². The van der Waals surface area contributed by atoms with Crippen molar-refractivity contribution in [1.29, 1.82) is 0 Å². The van der Waals surface area contributed by atoms with E-state index in [2.05, 4.69) is 15.6 Å².